The molecule has 2 rings (SSSR count). The van der Waals surface area contributed by atoms with Crippen LogP contribution >= 0.6 is 11.6 Å². The van der Waals surface area contributed by atoms with Gasteiger partial charge in [0.2, 0.25) is 0 Å². The second kappa shape index (κ2) is 5.50. The van der Waals surface area contributed by atoms with Crippen LogP contribution in [-0.4, -0.2) is 21.8 Å². The van der Waals surface area contributed by atoms with Gasteiger partial charge in [-0.2, -0.15) is 5.10 Å². The van der Waals surface area contributed by atoms with Gasteiger partial charge in [-0.15, -0.1) is 0 Å². The van der Waals surface area contributed by atoms with Crippen molar-refractivity contribution >= 4 is 11.6 Å². The summed E-state index contributed by atoms with van der Waals surface area (Å²) in [6.07, 6.45) is 2.57. The summed E-state index contributed by atoms with van der Waals surface area (Å²) in [5, 5.41) is 8.30. The van der Waals surface area contributed by atoms with Crippen molar-refractivity contribution in [3.8, 4) is 0 Å². The molecule has 2 aromatic heterocycles. The molecule has 0 aliphatic carbocycles. The van der Waals surface area contributed by atoms with E-state index in [1.807, 2.05) is 37.8 Å². The van der Waals surface area contributed by atoms with Crippen LogP contribution in [0.15, 0.2) is 24.4 Å². The zero-order chi connectivity index (χ0) is 13.1. The summed E-state index contributed by atoms with van der Waals surface area (Å²) in [6, 6.07) is 5.88. The minimum Gasteiger partial charge on any atom is -0.311 e. The molecule has 2 aromatic rings. The molecule has 2 heterocycles. The Kier molecular flexibility index (Phi) is 3.99. The highest BCUT2D eigenvalue weighted by atomic mass is 35.5. The van der Waals surface area contributed by atoms with Gasteiger partial charge in [-0.3, -0.25) is 9.67 Å². The largest absolute Gasteiger partial charge is 0.311 e. The smallest absolute Gasteiger partial charge is 0.0762 e. The number of rotatable bonds is 4. The number of nitrogens with one attached hydrogen (secondary N) is 1. The summed E-state index contributed by atoms with van der Waals surface area (Å²) in [7, 11) is 3.87. The molecule has 1 N–H and O–H groups in total. The summed E-state index contributed by atoms with van der Waals surface area (Å²) >= 11 is 6.18. The fourth-order valence-corrected chi connectivity index (χ4v) is 2.31. The van der Waals surface area contributed by atoms with E-state index < -0.39 is 0 Å². The summed E-state index contributed by atoms with van der Waals surface area (Å²) in [6.45, 7) is 1.99. The molecule has 0 radical (unpaired) electrons. The molecule has 0 amide bonds. The van der Waals surface area contributed by atoms with Gasteiger partial charge >= 0.3 is 0 Å². The van der Waals surface area contributed by atoms with Crippen LogP contribution in [0.4, 0.5) is 0 Å². The number of halogens is 1. The van der Waals surface area contributed by atoms with Crippen LogP contribution in [0.25, 0.3) is 0 Å². The van der Waals surface area contributed by atoms with E-state index in [4.69, 9.17) is 11.6 Å². The average Bonchev–Trinajstić information content (AvgIpc) is 2.66. The number of hydrogen-bond donors (Lipinski definition) is 1. The van der Waals surface area contributed by atoms with E-state index in [0.29, 0.717) is 5.02 Å². The van der Waals surface area contributed by atoms with Crippen molar-refractivity contribution in [2.24, 2.45) is 7.05 Å². The van der Waals surface area contributed by atoms with Crippen LogP contribution in [0.1, 0.15) is 23.1 Å². The van der Waals surface area contributed by atoms with Crippen molar-refractivity contribution in [1.29, 1.82) is 0 Å². The third kappa shape index (κ3) is 2.71. The molecule has 1 unspecified atom stereocenters. The highest BCUT2D eigenvalue weighted by molar-refractivity contribution is 6.31. The number of hydrogen-bond acceptors (Lipinski definition) is 3. The first-order valence-electron chi connectivity index (χ1n) is 5.89. The minimum absolute atomic E-state index is 0.0912. The second-order valence-corrected chi connectivity index (χ2v) is 4.72. The van der Waals surface area contributed by atoms with Gasteiger partial charge in [-0.1, -0.05) is 11.6 Å². The van der Waals surface area contributed by atoms with Crippen molar-refractivity contribution in [3.05, 3.63) is 46.5 Å². The molecule has 4 nitrogen and oxygen atoms in total. The summed E-state index contributed by atoms with van der Waals surface area (Å²) < 4.78 is 1.90. The van der Waals surface area contributed by atoms with Gasteiger partial charge in [0, 0.05) is 25.4 Å². The summed E-state index contributed by atoms with van der Waals surface area (Å²) in [4.78, 5) is 4.36. The van der Waals surface area contributed by atoms with Crippen LogP contribution in [-0.2, 0) is 13.5 Å². The van der Waals surface area contributed by atoms with E-state index in [2.05, 4.69) is 21.5 Å². The molecule has 0 saturated heterocycles. The summed E-state index contributed by atoms with van der Waals surface area (Å²) in [5.74, 6) is 0. The van der Waals surface area contributed by atoms with Crippen LogP contribution < -0.4 is 5.32 Å². The molecule has 0 aliphatic rings. The SMILES string of the molecule is CNC(Cc1cc(C)nn1C)c1ncccc1Cl. The highest BCUT2D eigenvalue weighted by Crippen LogP contribution is 2.23. The third-order valence-electron chi connectivity index (χ3n) is 2.98. The van der Waals surface area contributed by atoms with Crippen molar-refractivity contribution in [1.82, 2.24) is 20.1 Å². The fraction of sp³-hybridized carbons (Fsp3) is 0.385. The monoisotopic (exact) mass is 264 g/mol. The quantitative estimate of drug-likeness (QED) is 0.921. The van der Waals surface area contributed by atoms with Gasteiger partial charge in [-0.25, -0.2) is 0 Å². The molecule has 0 fully saturated rings. The van der Waals surface area contributed by atoms with Gasteiger partial charge in [0.05, 0.1) is 22.5 Å². The standard InChI is InChI=1S/C13H17ClN4/c1-9-7-10(18(3)17-9)8-12(15-2)13-11(14)5-4-6-16-13/h4-7,12,15H,8H2,1-3H3. The number of aryl methyl sites for hydroxylation is 2. The van der Waals surface area contributed by atoms with E-state index in [9.17, 15) is 0 Å². The first-order chi connectivity index (χ1) is 8.61. The van der Waals surface area contributed by atoms with Gasteiger partial charge in [-0.05, 0) is 32.2 Å². The average molecular weight is 265 g/mol. The molecule has 0 aliphatic heterocycles. The molecule has 5 heteroatoms. The second-order valence-electron chi connectivity index (χ2n) is 4.32. The van der Waals surface area contributed by atoms with E-state index in [-0.39, 0.29) is 6.04 Å². The number of nitrogens with zero attached hydrogens (tertiary/aromatic N) is 3. The summed E-state index contributed by atoms with van der Waals surface area (Å²) in [5.41, 5.74) is 3.06. The first-order valence-corrected chi connectivity index (χ1v) is 6.27. The lowest BCUT2D eigenvalue weighted by Crippen LogP contribution is -2.21. The minimum atomic E-state index is 0.0912. The highest BCUT2D eigenvalue weighted by Gasteiger charge is 2.16. The van der Waals surface area contributed by atoms with Crippen molar-refractivity contribution < 1.29 is 0 Å². The third-order valence-corrected chi connectivity index (χ3v) is 3.30. The fourth-order valence-electron chi connectivity index (χ4n) is 2.05. The Morgan fingerprint density at radius 3 is 2.83 bits per heavy atom. The molecule has 0 saturated carbocycles. The zero-order valence-electron chi connectivity index (χ0n) is 10.8. The Balaban J connectivity index is 2.25. The van der Waals surface area contributed by atoms with E-state index in [1.165, 1.54) is 0 Å². The lowest BCUT2D eigenvalue weighted by molar-refractivity contribution is 0.549. The van der Waals surface area contributed by atoms with Crippen LogP contribution in [0.5, 0.6) is 0 Å². The molecule has 0 bridgehead atoms. The van der Waals surface area contributed by atoms with Crippen molar-refractivity contribution in [3.63, 3.8) is 0 Å². The molecular weight excluding hydrogens is 248 g/mol. The molecule has 18 heavy (non-hydrogen) atoms. The zero-order valence-corrected chi connectivity index (χ0v) is 11.6. The Morgan fingerprint density at radius 2 is 2.28 bits per heavy atom. The van der Waals surface area contributed by atoms with Crippen molar-refractivity contribution in [2.75, 3.05) is 7.05 Å². The maximum absolute atomic E-state index is 6.18. The van der Waals surface area contributed by atoms with Gasteiger partial charge in [0.25, 0.3) is 0 Å². The normalized spacial score (nSPS) is 12.7. The van der Waals surface area contributed by atoms with Gasteiger partial charge in [0.15, 0.2) is 0 Å². The molecule has 96 valence electrons. The van der Waals surface area contributed by atoms with E-state index in [1.54, 1.807) is 6.20 Å². The Labute approximate surface area is 112 Å². The number of likely N-dealkylation sites (N-methyl/N-ethyl adjacent to an activating group) is 1. The van der Waals surface area contributed by atoms with Gasteiger partial charge < -0.3 is 5.32 Å². The van der Waals surface area contributed by atoms with E-state index in [0.717, 1.165) is 23.5 Å². The maximum Gasteiger partial charge on any atom is 0.0762 e. The van der Waals surface area contributed by atoms with Crippen LogP contribution in [0.3, 0.4) is 0 Å². The molecule has 0 spiro atoms. The molecular formula is C13H17ClN4. The van der Waals surface area contributed by atoms with Gasteiger partial charge in [0.1, 0.15) is 0 Å². The Morgan fingerprint density at radius 1 is 1.50 bits per heavy atom. The predicted octanol–water partition coefficient (Wildman–Crippen LogP) is 2.28. The van der Waals surface area contributed by atoms with Crippen LogP contribution in [0.2, 0.25) is 5.02 Å². The molecule has 1 atom stereocenters. The molecule has 0 aromatic carbocycles. The maximum atomic E-state index is 6.18. The number of aromatic nitrogens is 3. The topological polar surface area (TPSA) is 42.7 Å². The first kappa shape index (κ1) is 13.1. The Bertz CT molecular complexity index is 536. The number of pyridine rings is 1. The lowest BCUT2D eigenvalue weighted by atomic mass is 10.1. The van der Waals surface area contributed by atoms with E-state index >= 15 is 0 Å². The Hall–Kier alpha value is -1.39. The predicted molar refractivity (Wildman–Crippen MR) is 72.7 cm³/mol. The lowest BCUT2D eigenvalue weighted by Gasteiger charge is -2.16. The van der Waals surface area contributed by atoms with Crippen molar-refractivity contribution in [2.45, 2.75) is 19.4 Å². The van der Waals surface area contributed by atoms with Crippen LogP contribution in [0, 0.1) is 6.92 Å².